The van der Waals surface area contributed by atoms with E-state index in [2.05, 4.69) is 20.9 Å². The van der Waals surface area contributed by atoms with Gasteiger partial charge in [-0.15, -0.1) is 0 Å². The Bertz CT molecular complexity index is 244. The lowest BCUT2D eigenvalue weighted by Crippen LogP contribution is -2.48. The highest BCUT2D eigenvalue weighted by molar-refractivity contribution is 7.80. The van der Waals surface area contributed by atoms with Gasteiger partial charge >= 0.3 is 6.09 Å². The lowest BCUT2D eigenvalue weighted by Gasteiger charge is -2.14. The van der Waals surface area contributed by atoms with E-state index < -0.39 is 6.09 Å². The van der Waals surface area contributed by atoms with E-state index in [1.54, 1.807) is 6.92 Å². The molecular weight excluding hydrogens is 230 g/mol. The number of carbonyl (C=O) groups excluding carboxylic acids is 1. The number of hydrogen-bond donors (Lipinski definition) is 3. The lowest BCUT2D eigenvalue weighted by molar-refractivity contribution is 0.114. The monoisotopic (exact) mass is 247 g/mol. The minimum absolute atomic E-state index is 0.211. The minimum atomic E-state index is -0.552. The molecule has 1 saturated heterocycles. The maximum Gasteiger partial charge on any atom is 0.425 e. The predicted octanol–water partition coefficient (Wildman–Crippen LogP) is 0.291. The molecule has 1 fully saturated rings. The van der Waals surface area contributed by atoms with Crippen LogP contribution < -0.4 is 16.2 Å². The Morgan fingerprint density at radius 3 is 3.00 bits per heavy atom. The van der Waals surface area contributed by atoms with Crippen molar-refractivity contribution in [1.29, 1.82) is 0 Å². The molecule has 16 heavy (non-hydrogen) atoms. The molecule has 1 aliphatic heterocycles. The third kappa shape index (κ3) is 5.13. The van der Waals surface area contributed by atoms with Crippen molar-refractivity contribution in [2.75, 3.05) is 19.8 Å². The smallest absolute Gasteiger partial charge is 0.425 e. The van der Waals surface area contributed by atoms with Crippen LogP contribution in [0.5, 0.6) is 0 Å². The topological polar surface area (TPSA) is 71.6 Å². The molecule has 0 aromatic rings. The molecule has 0 aromatic heterocycles. The van der Waals surface area contributed by atoms with E-state index in [0.717, 1.165) is 19.4 Å². The summed E-state index contributed by atoms with van der Waals surface area (Å²) < 4.78 is 10.1. The standard InChI is InChI=1S/C9H17N3O3S/c1-2-14-9(13)12-11-8(16)10-6-7-4-3-5-15-7/h7H,2-6H2,1H3,(H,12,13)(H2,10,11,16). The van der Waals surface area contributed by atoms with Gasteiger partial charge < -0.3 is 14.8 Å². The normalized spacial score (nSPS) is 18.9. The summed E-state index contributed by atoms with van der Waals surface area (Å²) in [7, 11) is 0. The maximum absolute atomic E-state index is 10.9. The molecule has 3 N–H and O–H groups in total. The number of hydrogen-bond acceptors (Lipinski definition) is 4. The average Bonchev–Trinajstić information content (AvgIpc) is 2.77. The summed E-state index contributed by atoms with van der Waals surface area (Å²) in [6.07, 6.45) is 1.79. The second-order valence-electron chi connectivity index (χ2n) is 3.32. The Hall–Kier alpha value is -1.08. The van der Waals surface area contributed by atoms with E-state index in [0.29, 0.717) is 18.3 Å². The summed E-state index contributed by atoms with van der Waals surface area (Å²) in [4.78, 5) is 10.9. The quantitative estimate of drug-likeness (QED) is 0.492. The Labute approximate surface area is 100 Å². The fourth-order valence-electron chi connectivity index (χ4n) is 1.33. The summed E-state index contributed by atoms with van der Waals surface area (Å²) in [5.41, 5.74) is 4.83. The van der Waals surface area contributed by atoms with Gasteiger partial charge in [0.05, 0.1) is 12.7 Å². The molecule has 1 aliphatic rings. The van der Waals surface area contributed by atoms with Crippen molar-refractivity contribution < 1.29 is 14.3 Å². The molecule has 0 aliphatic carbocycles. The Balaban J connectivity index is 2.04. The first kappa shape index (κ1) is 13.0. The molecule has 6 nitrogen and oxygen atoms in total. The molecule has 0 aromatic carbocycles. The zero-order valence-electron chi connectivity index (χ0n) is 9.25. The minimum Gasteiger partial charge on any atom is -0.449 e. The molecule has 0 bridgehead atoms. The summed E-state index contributed by atoms with van der Waals surface area (Å²) >= 11 is 4.94. The molecule has 1 atom stereocenters. The van der Waals surface area contributed by atoms with Gasteiger partial charge in [-0.05, 0) is 32.0 Å². The third-order valence-electron chi connectivity index (χ3n) is 2.07. The zero-order chi connectivity index (χ0) is 11.8. The van der Waals surface area contributed by atoms with E-state index in [4.69, 9.17) is 17.0 Å². The van der Waals surface area contributed by atoms with Crippen LogP contribution in [0.15, 0.2) is 0 Å². The van der Waals surface area contributed by atoms with Gasteiger partial charge in [0, 0.05) is 13.2 Å². The molecule has 1 rings (SSSR count). The van der Waals surface area contributed by atoms with Crippen LogP contribution in [0.3, 0.4) is 0 Å². The highest BCUT2D eigenvalue weighted by atomic mass is 32.1. The fourth-order valence-corrected chi connectivity index (χ4v) is 1.47. The van der Waals surface area contributed by atoms with Crippen molar-refractivity contribution in [2.24, 2.45) is 0 Å². The van der Waals surface area contributed by atoms with Crippen LogP contribution in [-0.2, 0) is 9.47 Å². The van der Waals surface area contributed by atoms with Crippen LogP contribution in [-0.4, -0.2) is 37.1 Å². The van der Waals surface area contributed by atoms with Crippen LogP contribution >= 0.6 is 12.2 Å². The Morgan fingerprint density at radius 2 is 2.38 bits per heavy atom. The van der Waals surface area contributed by atoms with Crippen molar-refractivity contribution in [2.45, 2.75) is 25.9 Å². The third-order valence-corrected chi connectivity index (χ3v) is 2.31. The van der Waals surface area contributed by atoms with Crippen LogP contribution in [0, 0.1) is 0 Å². The SMILES string of the molecule is CCOC(=O)NNC(=S)NCC1CCCO1. The summed E-state index contributed by atoms with van der Waals surface area (Å²) in [5.74, 6) is 0. The molecular formula is C9H17N3O3S. The number of carbonyl (C=O) groups is 1. The number of thiocarbonyl (C=S) groups is 1. The number of rotatable bonds is 3. The van der Waals surface area contributed by atoms with Crippen molar-refractivity contribution in [3.8, 4) is 0 Å². The van der Waals surface area contributed by atoms with Gasteiger partial charge in [0.25, 0.3) is 0 Å². The number of nitrogens with one attached hydrogen (secondary N) is 3. The number of ether oxygens (including phenoxy) is 2. The maximum atomic E-state index is 10.9. The molecule has 0 saturated carbocycles. The second-order valence-corrected chi connectivity index (χ2v) is 3.72. The molecule has 0 radical (unpaired) electrons. The van der Waals surface area contributed by atoms with E-state index in [1.807, 2.05) is 0 Å². The van der Waals surface area contributed by atoms with Crippen molar-refractivity contribution in [3.63, 3.8) is 0 Å². The van der Waals surface area contributed by atoms with E-state index in [-0.39, 0.29) is 6.10 Å². The van der Waals surface area contributed by atoms with Crippen LogP contribution in [0.4, 0.5) is 4.79 Å². The largest absolute Gasteiger partial charge is 0.449 e. The second kappa shape index (κ2) is 7.24. The first-order valence-electron chi connectivity index (χ1n) is 5.30. The van der Waals surface area contributed by atoms with Crippen LogP contribution in [0.1, 0.15) is 19.8 Å². The van der Waals surface area contributed by atoms with Crippen molar-refractivity contribution in [3.05, 3.63) is 0 Å². The average molecular weight is 247 g/mol. The predicted molar refractivity (Wildman–Crippen MR) is 62.9 cm³/mol. The van der Waals surface area contributed by atoms with Gasteiger partial charge in [0.2, 0.25) is 0 Å². The van der Waals surface area contributed by atoms with E-state index in [9.17, 15) is 4.79 Å². The van der Waals surface area contributed by atoms with Crippen LogP contribution in [0.2, 0.25) is 0 Å². The zero-order valence-corrected chi connectivity index (χ0v) is 10.1. The fraction of sp³-hybridized carbons (Fsp3) is 0.778. The van der Waals surface area contributed by atoms with Crippen molar-refractivity contribution >= 4 is 23.4 Å². The van der Waals surface area contributed by atoms with Gasteiger partial charge in [-0.25, -0.2) is 10.2 Å². The Morgan fingerprint density at radius 1 is 1.56 bits per heavy atom. The van der Waals surface area contributed by atoms with E-state index >= 15 is 0 Å². The van der Waals surface area contributed by atoms with Gasteiger partial charge in [-0.3, -0.25) is 5.43 Å². The van der Waals surface area contributed by atoms with Gasteiger partial charge in [-0.1, -0.05) is 0 Å². The van der Waals surface area contributed by atoms with Gasteiger partial charge in [0.15, 0.2) is 5.11 Å². The number of amides is 1. The first-order valence-corrected chi connectivity index (χ1v) is 5.71. The van der Waals surface area contributed by atoms with Gasteiger partial charge in [-0.2, -0.15) is 0 Å². The molecule has 1 unspecified atom stereocenters. The van der Waals surface area contributed by atoms with E-state index in [1.165, 1.54) is 0 Å². The summed E-state index contributed by atoms with van der Waals surface area (Å²) in [6.45, 7) is 3.52. The molecule has 1 amide bonds. The molecule has 92 valence electrons. The lowest BCUT2D eigenvalue weighted by atomic mass is 10.2. The number of hydrazine groups is 1. The molecule has 0 spiro atoms. The van der Waals surface area contributed by atoms with Gasteiger partial charge in [0.1, 0.15) is 0 Å². The molecule has 1 heterocycles. The summed E-state index contributed by atoms with van der Waals surface area (Å²) in [6, 6.07) is 0. The van der Waals surface area contributed by atoms with Crippen molar-refractivity contribution in [1.82, 2.24) is 16.2 Å². The summed E-state index contributed by atoms with van der Waals surface area (Å²) in [5, 5.41) is 3.30. The van der Waals surface area contributed by atoms with Crippen LogP contribution in [0.25, 0.3) is 0 Å². The Kier molecular flexibility index (Phi) is 5.87. The highest BCUT2D eigenvalue weighted by Crippen LogP contribution is 2.10. The highest BCUT2D eigenvalue weighted by Gasteiger charge is 2.15. The first-order chi connectivity index (χ1) is 7.72. The molecule has 7 heteroatoms.